The summed E-state index contributed by atoms with van der Waals surface area (Å²) in [4.78, 5) is 11.5. The number of aliphatic hydroxyl groups excluding tert-OH is 1. The highest BCUT2D eigenvalue weighted by Crippen LogP contribution is 2.16. The zero-order chi connectivity index (χ0) is 14.5. The number of carbonyl (C=O) groups excluding carboxylic acids is 1. The van der Waals surface area contributed by atoms with Gasteiger partial charge in [0.15, 0.2) is 0 Å². The number of benzene rings is 1. The lowest BCUT2D eigenvalue weighted by Crippen LogP contribution is -2.34. The maximum atomic E-state index is 11.5. The van der Waals surface area contributed by atoms with Gasteiger partial charge in [-0.1, -0.05) is 31.2 Å². The topological polar surface area (TPSA) is 58.6 Å². The molecule has 1 amide bonds. The molecule has 0 radical (unpaired) electrons. The Bertz CT molecular complexity index is 424. The van der Waals surface area contributed by atoms with Gasteiger partial charge < -0.3 is 15.2 Å². The lowest BCUT2D eigenvalue weighted by molar-refractivity contribution is 0.0525. The van der Waals surface area contributed by atoms with Gasteiger partial charge in [-0.05, 0) is 37.8 Å². The fraction of sp³-hybridized carbons (Fsp3) is 0.533. The van der Waals surface area contributed by atoms with Gasteiger partial charge in [0.2, 0.25) is 0 Å². The molecule has 0 aliphatic carbocycles. The van der Waals surface area contributed by atoms with Crippen LogP contribution in [0.3, 0.4) is 0 Å². The lowest BCUT2D eigenvalue weighted by Gasteiger charge is -2.21. The van der Waals surface area contributed by atoms with Crippen molar-refractivity contribution in [3.63, 3.8) is 0 Å². The third-order valence-corrected chi connectivity index (χ3v) is 2.65. The summed E-state index contributed by atoms with van der Waals surface area (Å²) in [5.41, 5.74) is 1.48. The predicted molar refractivity (Wildman–Crippen MR) is 75.0 cm³/mol. The second-order valence-electron chi connectivity index (χ2n) is 5.69. The number of aliphatic hydroxyl groups is 1. The molecular weight excluding hydrogens is 242 g/mol. The molecule has 0 aliphatic heterocycles. The molecule has 1 rings (SSSR count). The van der Waals surface area contributed by atoms with E-state index in [0.29, 0.717) is 6.54 Å². The van der Waals surface area contributed by atoms with E-state index in [1.165, 1.54) is 0 Å². The summed E-state index contributed by atoms with van der Waals surface area (Å²) in [6.07, 6.45) is -0.405. The number of amides is 1. The average Bonchev–Trinajstić information content (AvgIpc) is 2.34. The Labute approximate surface area is 114 Å². The highest BCUT2D eigenvalue weighted by molar-refractivity contribution is 5.67. The molecule has 1 atom stereocenters. The van der Waals surface area contributed by atoms with Gasteiger partial charge in [0.05, 0.1) is 6.61 Å². The SMILES string of the molecule is C[C@@H](CNC(=O)OC(C)(C)C)c1cccc(CO)c1. The van der Waals surface area contributed by atoms with Crippen LogP contribution in [-0.4, -0.2) is 23.3 Å². The van der Waals surface area contributed by atoms with Crippen LogP contribution in [0.5, 0.6) is 0 Å². The first-order chi connectivity index (χ1) is 8.81. The lowest BCUT2D eigenvalue weighted by atomic mass is 9.99. The van der Waals surface area contributed by atoms with Crippen molar-refractivity contribution in [3.05, 3.63) is 35.4 Å². The summed E-state index contributed by atoms with van der Waals surface area (Å²) < 4.78 is 5.18. The number of ether oxygens (including phenoxy) is 1. The molecule has 0 saturated carbocycles. The largest absolute Gasteiger partial charge is 0.444 e. The molecule has 2 N–H and O–H groups in total. The molecule has 1 aromatic rings. The van der Waals surface area contributed by atoms with E-state index < -0.39 is 11.7 Å². The number of rotatable bonds is 4. The highest BCUT2D eigenvalue weighted by Gasteiger charge is 2.16. The maximum Gasteiger partial charge on any atom is 0.407 e. The standard InChI is InChI=1S/C15H23NO3/c1-11(9-16-14(18)19-15(2,3)4)13-7-5-6-12(8-13)10-17/h5-8,11,17H,9-10H2,1-4H3,(H,16,18)/t11-/m0/s1. The second-order valence-corrected chi connectivity index (χ2v) is 5.69. The van der Waals surface area contributed by atoms with Crippen LogP contribution in [0.25, 0.3) is 0 Å². The molecule has 4 heteroatoms. The summed E-state index contributed by atoms with van der Waals surface area (Å²) in [6, 6.07) is 7.71. The molecule has 0 fully saturated rings. The first-order valence-corrected chi connectivity index (χ1v) is 6.48. The van der Waals surface area contributed by atoms with E-state index >= 15 is 0 Å². The minimum atomic E-state index is -0.482. The molecule has 19 heavy (non-hydrogen) atoms. The summed E-state index contributed by atoms with van der Waals surface area (Å²) >= 11 is 0. The Balaban J connectivity index is 2.51. The first kappa shape index (κ1) is 15.5. The van der Waals surface area contributed by atoms with Crippen LogP contribution in [0, 0.1) is 0 Å². The zero-order valence-corrected chi connectivity index (χ0v) is 12.1. The monoisotopic (exact) mass is 265 g/mol. The Morgan fingerprint density at radius 3 is 2.68 bits per heavy atom. The number of hydrogen-bond donors (Lipinski definition) is 2. The van der Waals surface area contributed by atoms with E-state index in [1.54, 1.807) is 0 Å². The average molecular weight is 265 g/mol. The number of hydrogen-bond acceptors (Lipinski definition) is 3. The summed E-state index contributed by atoms with van der Waals surface area (Å²) in [7, 11) is 0. The first-order valence-electron chi connectivity index (χ1n) is 6.48. The Morgan fingerprint density at radius 2 is 2.11 bits per heavy atom. The quantitative estimate of drug-likeness (QED) is 0.880. The molecule has 0 spiro atoms. The van der Waals surface area contributed by atoms with Crippen LogP contribution in [0.15, 0.2) is 24.3 Å². The zero-order valence-electron chi connectivity index (χ0n) is 12.1. The fourth-order valence-electron chi connectivity index (χ4n) is 1.67. The van der Waals surface area contributed by atoms with Gasteiger partial charge in [-0.25, -0.2) is 4.79 Å². The molecule has 106 valence electrons. The molecular formula is C15H23NO3. The van der Waals surface area contributed by atoms with Crippen LogP contribution in [-0.2, 0) is 11.3 Å². The van der Waals surface area contributed by atoms with Crippen LogP contribution in [0.4, 0.5) is 4.79 Å². The van der Waals surface area contributed by atoms with Crippen molar-refractivity contribution in [1.29, 1.82) is 0 Å². The van der Waals surface area contributed by atoms with Crippen molar-refractivity contribution in [2.45, 2.75) is 45.8 Å². The van der Waals surface area contributed by atoms with E-state index in [9.17, 15) is 4.79 Å². The predicted octanol–water partition coefficient (Wildman–Crippen LogP) is 2.81. The molecule has 1 aromatic carbocycles. The molecule has 0 saturated heterocycles. The Morgan fingerprint density at radius 1 is 1.42 bits per heavy atom. The van der Waals surface area contributed by atoms with Crippen LogP contribution in [0.2, 0.25) is 0 Å². The van der Waals surface area contributed by atoms with Crippen LogP contribution in [0.1, 0.15) is 44.7 Å². The third kappa shape index (κ3) is 5.75. The molecule has 0 unspecified atom stereocenters. The van der Waals surface area contributed by atoms with Gasteiger partial charge in [-0.15, -0.1) is 0 Å². The van der Waals surface area contributed by atoms with Gasteiger partial charge in [0, 0.05) is 6.54 Å². The van der Waals surface area contributed by atoms with Crippen molar-refractivity contribution in [3.8, 4) is 0 Å². The number of carbonyl (C=O) groups is 1. The van der Waals surface area contributed by atoms with Gasteiger partial charge in [-0.2, -0.15) is 0 Å². The van der Waals surface area contributed by atoms with Crippen LogP contribution >= 0.6 is 0 Å². The molecule has 0 bridgehead atoms. The maximum absolute atomic E-state index is 11.5. The minimum absolute atomic E-state index is 0.0278. The van der Waals surface area contributed by atoms with Gasteiger partial charge in [0.1, 0.15) is 5.60 Å². The molecule has 0 aromatic heterocycles. The van der Waals surface area contributed by atoms with Crippen molar-refractivity contribution >= 4 is 6.09 Å². The normalized spacial score (nSPS) is 12.9. The number of nitrogens with one attached hydrogen (secondary N) is 1. The van der Waals surface area contributed by atoms with E-state index in [-0.39, 0.29) is 12.5 Å². The Hall–Kier alpha value is -1.55. The van der Waals surface area contributed by atoms with Gasteiger partial charge in [0.25, 0.3) is 0 Å². The van der Waals surface area contributed by atoms with Gasteiger partial charge >= 0.3 is 6.09 Å². The minimum Gasteiger partial charge on any atom is -0.444 e. The van der Waals surface area contributed by atoms with Crippen molar-refractivity contribution in [1.82, 2.24) is 5.32 Å². The van der Waals surface area contributed by atoms with Gasteiger partial charge in [-0.3, -0.25) is 0 Å². The highest BCUT2D eigenvalue weighted by atomic mass is 16.6. The second kappa shape index (κ2) is 6.57. The smallest absolute Gasteiger partial charge is 0.407 e. The Kier molecular flexibility index (Phi) is 5.36. The van der Waals surface area contributed by atoms with E-state index in [0.717, 1.165) is 11.1 Å². The van der Waals surface area contributed by atoms with Crippen molar-refractivity contribution in [2.75, 3.05) is 6.54 Å². The van der Waals surface area contributed by atoms with Crippen LogP contribution < -0.4 is 5.32 Å². The fourth-order valence-corrected chi connectivity index (χ4v) is 1.67. The molecule has 0 heterocycles. The number of alkyl carbamates (subject to hydrolysis) is 1. The molecule has 4 nitrogen and oxygen atoms in total. The van der Waals surface area contributed by atoms with E-state index in [1.807, 2.05) is 52.0 Å². The summed E-state index contributed by atoms with van der Waals surface area (Å²) in [5.74, 6) is 0.166. The molecule has 0 aliphatic rings. The summed E-state index contributed by atoms with van der Waals surface area (Å²) in [6.45, 7) is 8.06. The van der Waals surface area contributed by atoms with Crippen molar-refractivity contribution < 1.29 is 14.6 Å². The van der Waals surface area contributed by atoms with E-state index in [2.05, 4.69) is 5.32 Å². The third-order valence-electron chi connectivity index (χ3n) is 2.65. The van der Waals surface area contributed by atoms with Crippen molar-refractivity contribution in [2.24, 2.45) is 0 Å². The summed E-state index contributed by atoms with van der Waals surface area (Å²) in [5, 5.41) is 11.9. The van der Waals surface area contributed by atoms with E-state index in [4.69, 9.17) is 9.84 Å².